The van der Waals surface area contributed by atoms with Gasteiger partial charge in [0.2, 0.25) is 5.91 Å². The predicted molar refractivity (Wildman–Crippen MR) is 99.9 cm³/mol. The van der Waals surface area contributed by atoms with Gasteiger partial charge in [0.25, 0.3) is 0 Å². The summed E-state index contributed by atoms with van der Waals surface area (Å²) in [6, 6.07) is 12.4. The lowest BCUT2D eigenvalue weighted by Gasteiger charge is -2.14. The molecule has 0 spiro atoms. The van der Waals surface area contributed by atoms with Gasteiger partial charge >= 0.3 is 5.97 Å². The number of nitrogens with zero attached hydrogens (tertiary/aromatic N) is 2. The number of halogens is 1. The third-order valence-corrected chi connectivity index (χ3v) is 5.54. The second kappa shape index (κ2) is 6.88. The summed E-state index contributed by atoms with van der Waals surface area (Å²) in [4.78, 5) is 23.2. The first-order valence-corrected chi connectivity index (χ1v) is 9.16. The van der Waals surface area contributed by atoms with Crippen LogP contribution in [0.5, 0.6) is 0 Å². The summed E-state index contributed by atoms with van der Waals surface area (Å²) in [5.74, 6) is -0.700. The summed E-state index contributed by atoms with van der Waals surface area (Å²) in [6.45, 7) is 0. The van der Waals surface area contributed by atoms with Crippen molar-refractivity contribution < 1.29 is 19.1 Å². The van der Waals surface area contributed by atoms with Crippen LogP contribution in [0.15, 0.2) is 54.7 Å². The molecule has 1 aliphatic heterocycles. The number of aromatic nitrogens is 2. The van der Waals surface area contributed by atoms with Gasteiger partial charge in [0.05, 0.1) is 28.5 Å². The maximum atomic E-state index is 13.3. The highest BCUT2D eigenvalue weighted by atomic mass is 32.2. The molecule has 3 aromatic rings. The van der Waals surface area contributed by atoms with E-state index in [1.54, 1.807) is 35.1 Å². The highest BCUT2D eigenvalue weighted by Crippen LogP contribution is 2.42. The number of carboxylic acid groups (broad SMARTS) is 1. The number of carbonyl (C=O) groups excluding carboxylic acids is 1. The zero-order valence-corrected chi connectivity index (χ0v) is 14.7. The van der Waals surface area contributed by atoms with Crippen molar-refractivity contribution in [2.75, 3.05) is 11.1 Å². The molecule has 0 bridgehead atoms. The zero-order chi connectivity index (χ0) is 19.0. The van der Waals surface area contributed by atoms with Crippen molar-refractivity contribution in [1.29, 1.82) is 0 Å². The van der Waals surface area contributed by atoms with Crippen molar-refractivity contribution in [2.45, 2.75) is 5.25 Å². The zero-order valence-electron chi connectivity index (χ0n) is 13.9. The van der Waals surface area contributed by atoms with Crippen molar-refractivity contribution >= 4 is 29.5 Å². The lowest BCUT2D eigenvalue weighted by Crippen LogP contribution is -2.15. The Labute approximate surface area is 158 Å². The van der Waals surface area contributed by atoms with E-state index in [2.05, 4.69) is 10.4 Å². The molecule has 136 valence electrons. The van der Waals surface area contributed by atoms with E-state index in [1.807, 2.05) is 0 Å². The Morgan fingerprint density at radius 1 is 1.19 bits per heavy atom. The smallest absolute Gasteiger partial charge is 0.335 e. The molecule has 1 amide bonds. The minimum Gasteiger partial charge on any atom is -0.478 e. The minimum absolute atomic E-state index is 0.158. The second-order valence-electron chi connectivity index (χ2n) is 6.00. The van der Waals surface area contributed by atoms with E-state index < -0.39 is 5.97 Å². The predicted octanol–water partition coefficient (Wildman–Crippen LogP) is 3.48. The van der Waals surface area contributed by atoms with Crippen molar-refractivity contribution in [3.8, 4) is 5.69 Å². The van der Waals surface area contributed by atoms with Crippen molar-refractivity contribution in [3.63, 3.8) is 0 Å². The van der Waals surface area contributed by atoms with Gasteiger partial charge in [0.1, 0.15) is 11.6 Å². The number of carboxylic acids is 1. The summed E-state index contributed by atoms with van der Waals surface area (Å²) in [7, 11) is 0. The van der Waals surface area contributed by atoms with Crippen LogP contribution in [0.1, 0.15) is 26.7 Å². The van der Waals surface area contributed by atoms with Crippen LogP contribution in [0.4, 0.5) is 10.2 Å². The Kier molecular flexibility index (Phi) is 4.41. The molecular formula is C19H14FN3O3S. The Hall–Kier alpha value is -3.13. The highest BCUT2D eigenvalue weighted by Gasteiger charge is 2.28. The van der Waals surface area contributed by atoms with E-state index in [0.717, 1.165) is 11.1 Å². The van der Waals surface area contributed by atoms with E-state index in [-0.39, 0.29) is 28.3 Å². The third-order valence-electron chi connectivity index (χ3n) is 4.25. The molecule has 1 aliphatic rings. The molecule has 4 rings (SSSR count). The van der Waals surface area contributed by atoms with Gasteiger partial charge < -0.3 is 10.4 Å². The van der Waals surface area contributed by atoms with Crippen LogP contribution < -0.4 is 5.32 Å². The minimum atomic E-state index is -1.01. The molecule has 2 heterocycles. The van der Waals surface area contributed by atoms with E-state index in [1.165, 1.54) is 36.0 Å². The van der Waals surface area contributed by atoms with Crippen molar-refractivity contribution in [2.24, 2.45) is 0 Å². The number of fused-ring (bicyclic) bond motifs is 1. The van der Waals surface area contributed by atoms with Gasteiger partial charge in [0, 0.05) is 5.56 Å². The quantitative estimate of drug-likeness (QED) is 0.723. The summed E-state index contributed by atoms with van der Waals surface area (Å²) < 4.78 is 14.8. The van der Waals surface area contributed by atoms with Crippen LogP contribution in [0.25, 0.3) is 5.69 Å². The molecule has 0 fully saturated rings. The van der Waals surface area contributed by atoms with E-state index in [9.17, 15) is 14.0 Å². The van der Waals surface area contributed by atoms with Gasteiger partial charge in [-0.05, 0) is 42.0 Å². The lowest BCUT2D eigenvalue weighted by atomic mass is 10.1. The van der Waals surface area contributed by atoms with Crippen LogP contribution in [-0.2, 0) is 4.79 Å². The first-order chi connectivity index (χ1) is 13.0. The number of hydrogen-bond acceptors (Lipinski definition) is 4. The topological polar surface area (TPSA) is 84.2 Å². The number of aromatic carboxylic acids is 1. The van der Waals surface area contributed by atoms with Gasteiger partial charge in [-0.1, -0.05) is 12.1 Å². The molecular weight excluding hydrogens is 369 g/mol. The molecule has 1 aromatic heterocycles. The van der Waals surface area contributed by atoms with Crippen LogP contribution in [-0.4, -0.2) is 32.5 Å². The number of anilines is 1. The molecule has 0 saturated carbocycles. The SMILES string of the molecule is O=C1CSC(c2ccc(F)cc2)c2cnn(-c3ccc(C(=O)O)cc3)c2N1. The Morgan fingerprint density at radius 3 is 2.56 bits per heavy atom. The fraction of sp³-hybridized carbons (Fsp3) is 0.105. The Bertz CT molecular complexity index is 1020. The first-order valence-electron chi connectivity index (χ1n) is 8.11. The molecule has 1 unspecified atom stereocenters. The van der Waals surface area contributed by atoms with Crippen molar-refractivity contribution in [1.82, 2.24) is 9.78 Å². The molecule has 6 nitrogen and oxygen atoms in total. The van der Waals surface area contributed by atoms with Crippen LogP contribution in [0.3, 0.4) is 0 Å². The van der Waals surface area contributed by atoms with Crippen LogP contribution in [0, 0.1) is 5.82 Å². The largest absolute Gasteiger partial charge is 0.478 e. The molecule has 2 N–H and O–H groups in total. The molecule has 8 heteroatoms. The van der Waals surface area contributed by atoms with Gasteiger partial charge in [-0.2, -0.15) is 5.10 Å². The summed E-state index contributed by atoms with van der Waals surface area (Å²) >= 11 is 1.44. The summed E-state index contributed by atoms with van der Waals surface area (Å²) in [5, 5.41) is 16.1. The molecule has 2 aromatic carbocycles. The average Bonchev–Trinajstić information content (AvgIpc) is 2.99. The highest BCUT2D eigenvalue weighted by molar-refractivity contribution is 8.00. The summed E-state index contributed by atoms with van der Waals surface area (Å²) in [5.41, 5.74) is 2.48. The number of thioether (sulfide) groups is 1. The Morgan fingerprint density at radius 2 is 1.89 bits per heavy atom. The molecule has 0 radical (unpaired) electrons. The standard InChI is InChI=1S/C19H14FN3O3S/c20-13-5-1-11(2-6-13)17-15-9-21-23(18(15)22-16(24)10-27-17)14-7-3-12(4-8-14)19(25)26/h1-9,17H,10H2,(H,22,24)(H,25,26). The maximum Gasteiger partial charge on any atom is 0.335 e. The van der Waals surface area contributed by atoms with Gasteiger partial charge in [-0.25, -0.2) is 13.9 Å². The first kappa shape index (κ1) is 17.3. The molecule has 1 atom stereocenters. The normalized spacial score (nSPS) is 16.3. The lowest BCUT2D eigenvalue weighted by molar-refractivity contribution is -0.113. The van der Waals surface area contributed by atoms with Crippen LogP contribution in [0.2, 0.25) is 0 Å². The van der Waals surface area contributed by atoms with E-state index in [4.69, 9.17) is 5.11 Å². The number of amides is 1. The Balaban J connectivity index is 1.78. The van der Waals surface area contributed by atoms with Gasteiger partial charge in [-0.15, -0.1) is 11.8 Å². The fourth-order valence-electron chi connectivity index (χ4n) is 2.95. The van der Waals surface area contributed by atoms with E-state index in [0.29, 0.717) is 11.5 Å². The monoisotopic (exact) mass is 383 g/mol. The third kappa shape index (κ3) is 3.31. The molecule has 0 aliphatic carbocycles. The van der Waals surface area contributed by atoms with Gasteiger partial charge in [-0.3, -0.25) is 4.79 Å². The van der Waals surface area contributed by atoms with Crippen LogP contribution >= 0.6 is 11.8 Å². The number of rotatable bonds is 3. The molecule has 27 heavy (non-hydrogen) atoms. The maximum absolute atomic E-state index is 13.3. The van der Waals surface area contributed by atoms with Crippen molar-refractivity contribution in [3.05, 3.63) is 77.2 Å². The summed E-state index contributed by atoms with van der Waals surface area (Å²) in [6.07, 6.45) is 1.67. The number of hydrogen-bond donors (Lipinski definition) is 2. The second-order valence-corrected chi connectivity index (χ2v) is 7.10. The number of nitrogens with one attached hydrogen (secondary N) is 1. The fourth-order valence-corrected chi connectivity index (χ4v) is 4.04. The van der Waals surface area contributed by atoms with Gasteiger partial charge in [0.15, 0.2) is 0 Å². The number of benzene rings is 2. The number of carbonyl (C=O) groups is 2. The average molecular weight is 383 g/mol. The van der Waals surface area contributed by atoms with E-state index >= 15 is 0 Å². The molecule has 0 saturated heterocycles.